The van der Waals surface area contributed by atoms with Crippen molar-refractivity contribution in [2.24, 2.45) is 0 Å². The molecule has 0 unspecified atom stereocenters. The minimum atomic E-state index is -0.812. The van der Waals surface area contributed by atoms with Crippen molar-refractivity contribution in [3.8, 4) is 0 Å². The van der Waals surface area contributed by atoms with E-state index in [1.165, 1.54) is 18.2 Å². The number of imidazole rings is 1. The molecule has 110 valence electrons. The van der Waals surface area contributed by atoms with E-state index in [0.29, 0.717) is 11.5 Å². The number of nitrogens with zero attached hydrogens (tertiary/aromatic N) is 2. The van der Waals surface area contributed by atoms with Crippen LogP contribution in [0.4, 0.5) is 15.0 Å². The van der Waals surface area contributed by atoms with Gasteiger partial charge in [0.1, 0.15) is 17.3 Å². The summed E-state index contributed by atoms with van der Waals surface area (Å²) in [6, 6.07) is 9.82. The van der Waals surface area contributed by atoms with Gasteiger partial charge in [-0.25, -0.2) is 14.2 Å². The molecule has 0 atom stereocenters. The highest BCUT2D eigenvalue weighted by Gasteiger charge is 2.14. The normalized spacial score (nSPS) is 10.4. The van der Waals surface area contributed by atoms with E-state index in [1.54, 1.807) is 35.0 Å². The summed E-state index contributed by atoms with van der Waals surface area (Å²) in [6.07, 6.45) is 3.26. The molecule has 0 aliphatic carbocycles. The number of nitrogens with one attached hydrogen (secondary N) is 2. The number of hydrogen-bond acceptors (Lipinski definition) is 3. The average Bonchev–Trinajstić information content (AvgIpc) is 2.97. The highest BCUT2D eigenvalue weighted by atomic mass is 19.1. The van der Waals surface area contributed by atoms with Crippen LogP contribution in [0.25, 0.3) is 5.65 Å². The first-order valence-corrected chi connectivity index (χ1v) is 6.44. The van der Waals surface area contributed by atoms with Gasteiger partial charge in [0.2, 0.25) is 0 Å². The summed E-state index contributed by atoms with van der Waals surface area (Å²) in [5.74, 6) is -1.06. The van der Waals surface area contributed by atoms with E-state index in [2.05, 4.69) is 15.6 Å². The largest absolute Gasteiger partial charge is 0.327 e. The summed E-state index contributed by atoms with van der Waals surface area (Å²) in [7, 11) is 0. The van der Waals surface area contributed by atoms with Crippen molar-refractivity contribution in [2.75, 3.05) is 5.32 Å². The lowest BCUT2D eigenvalue weighted by atomic mass is 10.2. The Bertz CT molecular complexity index is 859. The third kappa shape index (κ3) is 2.64. The Morgan fingerprint density at radius 1 is 1.09 bits per heavy atom. The second kappa shape index (κ2) is 5.65. The van der Waals surface area contributed by atoms with Gasteiger partial charge in [-0.3, -0.25) is 19.8 Å². The predicted octanol–water partition coefficient (Wildman–Crippen LogP) is 2.44. The zero-order chi connectivity index (χ0) is 15.5. The van der Waals surface area contributed by atoms with Crippen LogP contribution in [0.2, 0.25) is 0 Å². The molecule has 0 bridgehead atoms. The number of anilines is 1. The van der Waals surface area contributed by atoms with Gasteiger partial charge in [0, 0.05) is 12.4 Å². The van der Waals surface area contributed by atoms with Crippen molar-refractivity contribution >= 4 is 23.4 Å². The summed E-state index contributed by atoms with van der Waals surface area (Å²) in [6.45, 7) is 0. The molecule has 0 aliphatic heterocycles. The van der Waals surface area contributed by atoms with Gasteiger partial charge in [-0.1, -0.05) is 18.2 Å². The van der Waals surface area contributed by atoms with E-state index in [4.69, 9.17) is 0 Å². The quantitative estimate of drug-likeness (QED) is 0.763. The SMILES string of the molecule is O=C(NC(=O)c1ccccc1F)Nc1cccc2nccn12. The summed E-state index contributed by atoms with van der Waals surface area (Å²) < 4.78 is 15.1. The summed E-state index contributed by atoms with van der Waals surface area (Å²) in [5, 5.41) is 4.60. The molecule has 0 saturated carbocycles. The third-order valence-corrected chi connectivity index (χ3v) is 3.02. The highest BCUT2D eigenvalue weighted by Crippen LogP contribution is 2.11. The standard InChI is InChI=1S/C15H11FN4O2/c16-11-5-2-1-4-10(11)14(21)19-15(22)18-13-7-3-6-12-17-8-9-20(12)13/h1-9H,(H2,18,19,21,22). The molecule has 22 heavy (non-hydrogen) atoms. The Kier molecular flexibility index (Phi) is 3.53. The topological polar surface area (TPSA) is 75.5 Å². The molecule has 6 nitrogen and oxygen atoms in total. The van der Waals surface area contributed by atoms with Gasteiger partial charge in [-0.2, -0.15) is 0 Å². The molecule has 2 aromatic heterocycles. The van der Waals surface area contributed by atoms with E-state index in [-0.39, 0.29) is 5.56 Å². The number of fused-ring (bicyclic) bond motifs is 1. The van der Waals surface area contributed by atoms with Crippen molar-refractivity contribution in [3.05, 3.63) is 66.2 Å². The first-order chi connectivity index (χ1) is 10.6. The molecule has 3 aromatic rings. The van der Waals surface area contributed by atoms with Gasteiger partial charge >= 0.3 is 6.03 Å². The molecule has 2 heterocycles. The average molecular weight is 298 g/mol. The van der Waals surface area contributed by atoms with Gasteiger partial charge in [0.05, 0.1) is 5.56 Å². The molecule has 0 aliphatic rings. The van der Waals surface area contributed by atoms with E-state index in [9.17, 15) is 14.0 Å². The number of imide groups is 1. The molecule has 1 aromatic carbocycles. The first-order valence-electron chi connectivity index (χ1n) is 6.44. The smallest absolute Gasteiger partial charge is 0.293 e. The number of benzene rings is 1. The fraction of sp³-hybridized carbons (Fsp3) is 0. The predicted molar refractivity (Wildman–Crippen MR) is 78.1 cm³/mol. The lowest BCUT2D eigenvalue weighted by Gasteiger charge is -2.09. The number of carbonyl (C=O) groups excluding carboxylic acids is 2. The number of urea groups is 1. The maximum atomic E-state index is 13.5. The van der Waals surface area contributed by atoms with Crippen LogP contribution in [-0.2, 0) is 0 Å². The molecule has 7 heteroatoms. The summed E-state index contributed by atoms with van der Waals surface area (Å²) >= 11 is 0. The Labute approximate surface area is 124 Å². The van der Waals surface area contributed by atoms with E-state index in [1.807, 2.05) is 0 Å². The van der Waals surface area contributed by atoms with Gasteiger partial charge in [0.15, 0.2) is 0 Å². The number of halogens is 1. The highest BCUT2D eigenvalue weighted by molar-refractivity contribution is 6.07. The maximum Gasteiger partial charge on any atom is 0.327 e. The van der Waals surface area contributed by atoms with Crippen molar-refractivity contribution in [2.45, 2.75) is 0 Å². The van der Waals surface area contributed by atoms with Crippen molar-refractivity contribution in [3.63, 3.8) is 0 Å². The molecule has 0 spiro atoms. The zero-order valence-electron chi connectivity index (χ0n) is 11.3. The molecule has 2 N–H and O–H groups in total. The third-order valence-electron chi connectivity index (χ3n) is 3.02. The summed E-state index contributed by atoms with van der Waals surface area (Å²) in [4.78, 5) is 27.8. The van der Waals surface area contributed by atoms with Crippen LogP contribution in [0, 0.1) is 5.82 Å². The van der Waals surface area contributed by atoms with Gasteiger partial charge < -0.3 is 0 Å². The summed E-state index contributed by atoms with van der Waals surface area (Å²) in [5.41, 5.74) is 0.455. The number of aromatic nitrogens is 2. The monoisotopic (exact) mass is 298 g/mol. The number of amides is 3. The van der Waals surface area contributed by atoms with E-state index < -0.39 is 17.8 Å². The van der Waals surface area contributed by atoms with Crippen molar-refractivity contribution in [1.82, 2.24) is 14.7 Å². The molecular formula is C15H11FN4O2. The molecule has 3 amide bonds. The van der Waals surface area contributed by atoms with Crippen LogP contribution >= 0.6 is 0 Å². The number of carbonyl (C=O) groups is 2. The number of rotatable bonds is 2. The maximum absolute atomic E-state index is 13.5. The Morgan fingerprint density at radius 3 is 2.73 bits per heavy atom. The second-order valence-corrected chi connectivity index (χ2v) is 4.45. The van der Waals surface area contributed by atoms with E-state index in [0.717, 1.165) is 6.07 Å². The van der Waals surface area contributed by atoms with Crippen LogP contribution < -0.4 is 10.6 Å². The van der Waals surface area contributed by atoms with E-state index >= 15 is 0 Å². The minimum absolute atomic E-state index is 0.196. The molecule has 0 fully saturated rings. The molecule has 3 rings (SSSR count). The minimum Gasteiger partial charge on any atom is -0.293 e. The first kappa shape index (κ1) is 13.7. The molecule has 0 saturated heterocycles. The van der Waals surface area contributed by atoms with Crippen molar-refractivity contribution in [1.29, 1.82) is 0 Å². The fourth-order valence-corrected chi connectivity index (χ4v) is 2.01. The van der Waals surface area contributed by atoms with Crippen molar-refractivity contribution < 1.29 is 14.0 Å². The second-order valence-electron chi connectivity index (χ2n) is 4.45. The van der Waals surface area contributed by atoms with Gasteiger partial charge in [-0.05, 0) is 24.3 Å². The lowest BCUT2D eigenvalue weighted by molar-refractivity contribution is 0.0963. The van der Waals surface area contributed by atoms with Gasteiger partial charge in [0.25, 0.3) is 5.91 Å². The van der Waals surface area contributed by atoms with Crippen LogP contribution in [0.1, 0.15) is 10.4 Å². The van der Waals surface area contributed by atoms with Crippen LogP contribution in [0.5, 0.6) is 0 Å². The fourth-order valence-electron chi connectivity index (χ4n) is 2.01. The van der Waals surface area contributed by atoms with Crippen LogP contribution in [-0.4, -0.2) is 21.3 Å². The Balaban J connectivity index is 1.74. The zero-order valence-corrected chi connectivity index (χ0v) is 11.3. The number of pyridine rings is 1. The lowest BCUT2D eigenvalue weighted by Crippen LogP contribution is -2.35. The number of hydrogen-bond donors (Lipinski definition) is 2. The molecule has 0 radical (unpaired) electrons. The van der Waals surface area contributed by atoms with Gasteiger partial charge in [-0.15, -0.1) is 0 Å². The van der Waals surface area contributed by atoms with Crippen LogP contribution in [0.3, 0.4) is 0 Å². The Morgan fingerprint density at radius 2 is 1.91 bits per heavy atom. The molecular weight excluding hydrogens is 287 g/mol. The van der Waals surface area contributed by atoms with Crippen LogP contribution in [0.15, 0.2) is 54.9 Å². The Hall–Kier alpha value is -3.22.